The first kappa shape index (κ1) is 31.5. The molecule has 0 saturated heterocycles. The van der Waals surface area contributed by atoms with Crippen molar-refractivity contribution in [3.05, 3.63) is 123 Å². The second kappa shape index (κ2) is 13.4. The molecule has 4 nitrogen and oxygen atoms in total. The highest BCUT2D eigenvalue weighted by Crippen LogP contribution is 2.60. The first-order valence-corrected chi connectivity index (χ1v) is 17.2. The lowest BCUT2D eigenvalue weighted by molar-refractivity contribution is 0.201. The smallest absolute Gasteiger partial charge is 0.145 e. The highest BCUT2D eigenvalue weighted by molar-refractivity contribution is 7.16. The molecule has 0 spiro atoms. The van der Waals surface area contributed by atoms with Crippen LogP contribution in [0.2, 0.25) is 5.02 Å². The molecule has 2 aliphatic carbocycles. The molecule has 6 atom stereocenters. The summed E-state index contributed by atoms with van der Waals surface area (Å²) in [5, 5.41) is 19.7. The summed E-state index contributed by atoms with van der Waals surface area (Å²) in [5.74, 6) is 3.27. The van der Waals surface area contributed by atoms with Gasteiger partial charge in [0, 0.05) is 11.0 Å². The van der Waals surface area contributed by atoms with Crippen LogP contribution in [0.15, 0.2) is 84.9 Å². The van der Waals surface area contributed by atoms with Crippen LogP contribution in [-0.4, -0.2) is 6.16 Å². The maximum absolute atomic E-state index is 9.88. The molecule has 0 amide bonds. The summed E-state index contributed by atoms with van der Waals surface area (Å²) in [6.07, 6.45) is 5.96. The second-order valence-corrected chi connectivity index (χ2v) is 13.5. The molecule has 228 valence electrons. The molecule has 0 heterocycles. The van der Waals surface area contributed by atoms with E-state index in [1.165, 1.54) is 30.4 Å². The maximum atomic E-state index is 9.88. The predicted molar refractivity (Wildman–Crippen MR) is 183 cm³/mol. The third-order valence-electron chi connectivity index (χ3n) is 9.68. The number of nitriles is 2. The molecule has 0 radical (unpaired) electrons. The van der Waals surface area contributed by atoms with Crippen molar-refractivity contribution < 1.29 is 9.47 Å². The Labute approximate surface area is 278 Å². The van der Waals surface area contributed by atoms with Crippen LogP contribution in [0.25, 0.3) is 0 Å². The Hall–Kier alpha value is -3.53. The Morgan fingerprint density at radius 1 is 0.867 bits per heavy atom. The molecule has 45 heavy (non-hydrogen) atoms. The summed E-state index contributed by atoms with van der Waals surface area (Å²) in [5.41, 5.74) is 5.04. The van der Waals surface area contributed by atoms with Gasteiger partial charge in [-0.2, -0.15) is 10.5 Å². The van der Waals surface area contributed by atoms with E-state index in [4.69, 9.17) is 32.7 Å². The van der Waals surface area contributed by atoms with Gasteiger partial charge in [-0.15, -0.1) is 20.8 Å². The van der Waals surface area contributed by atoms with Gasteiger partial charge in [-0.3, -0.25) is 0 Å². The maximum Gasteiger partial charge on any atom is 0.145 e. The minimum absolute atomic E-state index is 0.0760. The lowest BCUT2D eigenvalue weighted by Crippen LogP contribution is -2.33. The van der Waals surface area contributed by atoms with Gasteiger partial charge in [-0.05, 0) is 96.8 Å². The van der Waals surface area contributed by atoms with E-state index < -0.39 is 0 Å². The number of benzene rings is 4. The Morgan fingerprint density at radius 3 is 2.09 bits per heavy atom. The van der Waals surface area contributed by atoms with E-state index in [-0.39, 0.29) is 16.9 Å². The van der Waals surface area contributed by atoms with Crippen molar-refractivity contribution in [2.75, 3.05) is 6.16 Å². The monoisotopic (exact) mass is 652 g/mol. The molecule has 7 heteroatoms. The van der Waals surface area contributed by atoms with Crippen molar-refractivity contribution >= 4 is 32.4 Å². The van der Waals surface area contributed by atoms with Crippen molar-refractivity contribution in [2.24, 2.45) is 11.8 Å². The summed E-state index contributed by atoms with van der Waals surface area (Å²) in [6.45, 7) is 2.05. The number of halogens is 2. The summed E-state index contributed by atoms with van der Waals surface area (Å²) in [6, 6.07) is 32.6. The molecule has 4 aromatic carbocycles. The summed E-state index contributed by atoms with van der Waals surface area (Å²) in [4.78, 5) is 0. The zero-order valence-electron chi connectivity index (χ0n) is 25.2. The average molecular weight is 654 g/mol. The molecule has 0 aromatic heterocycles. The highest BCUT2D eigenvalue weighted by atomic mass is 35.5. The molecule has 0 N–H and O–H groups in total. The van der Waals surface area contributed by atoms with E-state index in [1.807, 2.05) is 42.5 Å². The van der Waals surface area contributed by atoms with E-state index in [0.29, 0.717) is 46.1 Å². The Balaban J connectivity index is 1.27. The zero-order chi connectivity index (χ0) is 31.6. The van der Waals surface area contributed by atoms with Crippen molar-refractivity contribution in [1.29, 1.82) is 10.5 Å². The fraction of sp³-hybridized carbons (Fsp3) is 0.316. The predicted octanol–water partition coefficient (Wildman–Crippen LogP) is 10.7. The number of alkyl halides is 1. The molecule has 0 aliphatic heterocycles. The molecule has 6 rings (SSSR count). The van der Waals surface area contributed by atoms with Crippen molar-refractivity contribution in [3.63, 3.8) is 0 Å². The van der Waals surface area contributed by atoms with Gasteiger partial charge in [0.05, 0.1) is 21.5 Å². The Bertz CT molecular complexity index is 1760. The molecule has 6 unspecified atom stereocenters. The molecule has 2 aliphatic rings. The van der Waals surface area contributed by atoms with Gasteiger partial charge in [0.2, 0.25) is 0 Å². The fourth-order valence-electron chi connectivity index (χ4n) is 7.58. The van der Waals surface area contributed by atoms with Gasteiger partial charge in [-0.1, -0.05) is 73.5 Å². The van der Waals surface area contributed by atoms with Gasteiger partial charge in [0.25, 0.3) is 0 Å². The van der Waals surface area contributed by atoms with E-state index in [1.54, 1.807) is 6.07 Å². The summed E-state index contributed by atoms with van der Waals surface area (Å²) < 4.78 is 12.7. The number of fused-ring (bicyclic) bond motifs is 2. The summed E-state index contributed by atoms with van der Waals surface area (Å²) in [7, 11) is 2.63. The summed E-state index contributed by atoms with van der Waals surface area (Å²) >= 11 is 12.8. The third kappa shape index (κ3) is 5.93. The SMILES string of the molecule is CCC(Oc1ccc(C2(c3ccc(Oc4cccc(C(Cl)CP)c4C#N)cc3)CC3CCC2C3)cc1)c1cccc(Cl)c1C#N. The van der Waals surface area contributed by atoms with E-state index in [0.717, 1.165) is 29.2 Å². The first-order chi connectivity index (χ1) is 21.9. The van der Waals surface area contributed by atoms with Crippen LogP contribution in [0, 0.1) is 34.5 Å². The first-order valence-electron chi connectivity index (χ1n) is 15.5. The number of ether oxygens (including phenoxy) is 2. The zero-order valence-corrected chi connectivity index (χ0v) is 27.8. The van der Waals surface area contributed by atoms with Crippen LogP contribution < -0.4 is 9.47 Å². The van der Waals surface area contributed by atoms with Crippen LogP contribution >= 0.6 is 32.4 Å². The van der Waals surface area contributed by atoms with Gasteiger partial charge in [0.15, 0.2) is 0 Å². The van der Waals surface area contributed by atoms with Crippen LogP contribution in [0.3, 0.4) is 0 Å². The molecule has 4 aromatic rings. The van der Waals surface area contributed by atoms with Gasteiger partial charge in [0.1, 0.15) is 35.5 Å². The van der Waals surface area contributed by atoms with Crippen LogP contribution in [0.5, 0.6) is 17.2 Å². The van der Waals surface area contributed by atoms with E-state index in [2.05, 4.69) is 64.7 Å². The van der Waals surface area contributed by atoms with Crippen molar-refractivity contribution in [2.45, 2.75) is 55.9 Å². The fourth-order valence-corrected chi connectivity index (χ4v) is 8.24. The second-order valence-electron chi connectivity index (χ2n) is 12.1. The van der Waals surface area contributed by atoms with Crippen LogP contribution in [-0.2, 0) is 5.41 Å². The van der Waals surface area contributed by atoms with Gasteiger partial charge >= 0.3 is 0 Å². The molecule has 2 bridgehead atoms. The number of nitrogens with zero attached hydrogens (tertiary/aromatic N) is 2. The molecular weight excluding hydrogens is 618 g/mol. The topological polar surface area (TPSA) is 66.0 Å². The average Bonchev–Trinajstić information content (AvgIpc) is 3.70. The molecular formula is C38H35Cl2N2O2P. The standard InChI is InChI=1S/C38H35Cl2N2O2P/c1-2-36(31-6-3-7-34(39)32(31)21-41)43-28-15-11-25(12-16-28)38(20-24-9-10-27(38)19-24)26-13-17-29(18-14-26)44-37-8-4-5-30(33(37)22-42)35(40)23-45/h3-8,11-18,24,27,35-36H,2,9-10,19-20,23,45H2,1H3. The number of rotatable bonds is 10. The molecule has 2 saturated carbocycles. The largest absolute Gasteiger partial charge is 0.486 e. The molecule has 2 fully saturated rings. The number of hydrogen-bond donors (Lipinski definition) is 0. The minimum atomic E-state index is -0.273. The van der Waals surface area contributed by atoms with E-state index >= 15 is 0 Å². The lowest BCUT2D eigenvalue weighted by atomic mass is 9.64. The number of hydrogen-bond acceptors (Lipinski definition) is 4. The lowest BCUT2D eigenvalue weighted by Gasteiger charge is -2.39. The van der Waals surface area contributed by atoms with Crippen molar-refractivity contribution in [1.82, 2.24) is 0 Å². The minimum Gasteiger partial charge on any atom is -0.486 e. The third-order valence-corrected chi connectivity index (χ3v) is 11.2. The normalized spacial score (nSPS) is 21.5. The quantitative estimate of drug-likeness (QED) is 0.126. The van der Waals surface area contributed by atoms with Crippen LogP contribution in [0.4, 0.5) is 0 Å². The Kier molecular flexibility index (Phi) is 9.40. The highest BCUT2D eigenvalue weighted by Gasteiger charge is 2.52. The Morgan fingerprint density at radius 2 is 1.51 bits per heavy atom. The van der Waals surface area contributed by atoms with Gasteiger partial charge < -0.3 is 9.47 Å². The van der Waals surface area contributed by atoms with Gasteiger partial charge in [-0.25, -0.2) is 0 Å². The van der Waals surface area contributed by atoms with Crippen molar-refractivity contribution in [3.8, 4) is 29.4 Å². The van der Waals surface area contributed by atoms with Crippen LogP contribution in [0.1, 0.15) is 83.9 Å². The van der Waals surface area contributed by atoms with E-state index in [9.17, 15) is 10.5 Å².